The standard InChI is InChI=1S/C12H15NO3/c1-10-7-15-9-13(10)12(14)16-8-11-5-3-2-4-6-11/h2-6,10H,7-9H2,1H3/t10-/m1/s1. The van der Waals surface area contributed by atoms with Crippen LogP contribution in [0.5, 0.6) is 0 Å². The first-order chi connectivity index (χ1) is 7.77. The molecule has 0 bridgehead atoms. The average Bonchev–Trinajstić information content (AvgIpc) is 2.74. The van der Waals surface area contributed by atoms with Gasteiger partial charge in [-0.25, -0.2) is 4.79 Å². The van der Waals surface area contributed by atoms with Crippen molar-refractivity contribution in [3.63, 3.8) is 0 Å². The molecule has 0 radical (unpaired) electrons. The topological polar surface area (TPSA) is 38.8 Å². The van der Waals surface area contributed by atoms with E-state index in [1.807, 2.05) is 37.3 Å². The first kappa shape index (κ1) is 11.0. The van der Waals surface area contributed by atoms with Crippen molar-refractivity contribution in [2.75, 3.05) is 13.3 Å². The minimum atomic E-state index is -0.311. The Hall–Kier alpha value is -1.55. The number of benzene rings is 1. The van der Waals surface area contributed by atoms with Crippen molar-refractivity contribution in [2.45, 2.75) is 19.6 Å². The first-order valence-electron chi connectivity index (χ1n) is 5.32. The molecule has 4 nitrogen and oxygen atoms in total. The molecule has 0 aromatic heterocycles. The van der Waals surface area contributed by atoms with E-state index in [0.717, 1.165) is 5.56 Å². The van der Waals surface area contributed by atoms with Gasteiger partial charge in [0.05, 0.1) is 12.6 Å². The van der Waals surface area contributed by atoms with E-state index < -0.39 is 0 Å². The Morgan fingerprint density at radius 1 is 1.50 bits per heavy atom. The average molecular weight is 221 g/mol. The van der Waals surface area contributed by atoms with E-state index in [4.69, 9.17) is 9.47 Å². The molecule has 1 aliphatic rings. The number of rotatable bonds is 2. The first-order valence-corrected chi connectivity index (χ1v) is 5.32. The highest BCUT2D eigenvalue weighted by molar-refractivity contribution is 5.68. The summed E-state index contributed by atoms with van der Waals surface area (Å²) in [6, 6.07) is 9.73. The molecule has 2 rings (SSSR count). The lowest BCUT2D eigenvalue weighted by Crippen LogP contribution is -2.34. The lowest BCUT2D eigenvalue weighted by atomic mass is 10.2. The highest BCUT2D eigenvalue weighted by Crippen LogP contribution is 2.11. The number of carbonyl (C=O) groups excluding carboxylic acids is 1. The predicted molar refractivity (Wildman–Crippen MR) is 58.7 cm³/mol. The van der Waals surface area contributed by atoms with Crippen LogP contribution in [-0.4, -0.2) is 30.4 Å². The monoisotopic (exact) mass is 221 g/mol. The van der Waals surface area contributed by atoms with Gasteiger partial charge in [-0.2, -0.15) is 0 Å². The number of nitrogens with zero attached hydrogens (tertiary/aromatic N) is 1. The third-order valence-corrected chi connectivity index (χ3v) is 2.56. The fraction of sp³-hybridized carbons (Fsp3) is 0.417. The van der Waals surface area contributed by atoms with Crippen LogP contribution in [0.2, 0.25) is 0 Å². The van der Waals surface area contributed by atoms with Gasteiger partial charge in [-0.05, 0) is 12.5 Å². The minimum Gasteiger partial charge on any atom is -0.444 e. The summed E-state index contributed by atoms with van der Waals surface area (Å²) < 4.78 is 10.4. The Kier molecular flexibility index (Phi) is 3.41. The lowest BCUT2D eigenvalue weighted by Gasteiger charge is -2.18. The van der Waals surface area contributed by atoms with Gasteiger partial charge in [0.2, 0.25) is 0 Å². The molecule has 0 unspecified atom stereocenters. The number of hydrogen-bond acceptors (Lipinski definition) is 3. The second-order valence-corrected chi connectivity index (χ2v) is 3.86. The van der Waals surface area contributed by atoms with Crippen molar-refractivity contribution in [3.05, 3.63) is 35.9 Å². The number of hydrogen-bond donors (Lipinski definition) is 0. The molecule has 1 fully saturated rings. The maximum Gasteiger partial charge on any atom is 0.412 e. The predicted octanol–water partition coefficient (Wildman–Crippen LogP) is 2.00. The maximum absolute atomic E-state index is 11.7. The van der Waals surface area contributed by atoms with Crippen molar-refractivity contribution >= 4 is 6.09 Å². The van der Waals surface area contributed by atoms with E-state index in [9.17, 15) is 4.79 Å². The third kappa shape index (κ3) is 2.52. The Bertz CT molecular complexity index is 353. The van der Waals surface area contributed by atoms with Crippen LogP contribution in [0.15, 0.2) is 30.3 Å². The van der Waals surface area contributed by atoms with E-state index in [-0.39, 0.29) is 12.1 Å². The summed E-state index contributed by atoms with van der Waals surface area (Å²) in [5.41, 5.74) is 0.989. The molecule has 0 N–H and O–H groups in total. The molecule has 0 aliphatic carbocycles. The summed E-state index contributed by atoms with van der Waals surface area (Å²) in [5.74, 6) is 0. The second-order valence-electron chi connectivity index (χ2n) is 3.86. The van der Waals surface area contributed by atoms with E-state index in [1.54, 1.807) is 4.90 Å². The SMILES string of the molecule is C[C@@H]1COCN1C(=O)OCc1ccccc1. The van der Waals surface area contributed by atoms with Crippen LogP contribution in [0.3, 0.4) is 0 Å². The van der Waals surface area contributed by atoms with Crippen LogP contribution in [0.25, 0.3) is 0 Å². The van der Waals surface area contributed by atoms with Crippen molar-refractivity contribution in [1.29, 1.82) is 0 Å². The molecule has 0 spiro atoms. The summed E-state index contributed by atoms with van der Waals surface area (Å²) >= 11 is 0. The zero-order valence-corrected chi connectivity index (χ0v) is 9.26. The van der Waals surface area contributed by atoms with Gasteiger partial charge in [0.25, 0.3) is 0 Å². The fourth-order valence-electron chi connectivity index (χ4n) is 1.57. The van der Waals surface area contributed by atoms with Crippen molar-refractivity contribution in [3.8, 4) is 0 Å². The summed E-state index contributed by atoms with van der Waals surface area (Å²) in [6.07, 6.45) is -0.311. The van der Waals surface area contributed by atoms with Gasteiger partial charge in [-0.15, -0.1) is 0 Å². The minimum absolute atomic E-state index is 0.100. The molecule has 0 saturated carbocycles. The molecule has 1 atom stereocenters. The third-order valence-electron chi connectivity index (χ3n) is 2.56. The van der Waals surface area contributed by atoms with Crippen LogP contribution in [0.4, 0.5) is 4.79 Å². The van der Waals surface area contributed by atoms with Gasteiger partial charge in [0.1, 0.15) is 13.3 Å². The highest BCUT2D eigenvalue weighted by atomic mass is 16.6. The van der Waals surface area contributed by atoms with E-state index in [1.165, 1.54) is 0 Å². The fourth-order valence-corrected chi connectivity index (χ4v) is 1.57. The van der Waals surface area contributed by atoms with Crippen LogP contribution in [0.1, 0.15) is 12.5 Å². The smallest absolute Gasteiger partial charge is 0.412 e. The van der Waals surface area contributed by atoms with Crippen molar-refractivity contribution in [1.82, 2.24) is 4.90 Å². The van der Waals surface area contributed by atoms with Crippen molar-refractivity contribution in [2.24, 2.45) is 0 Å². The van der Waals surface area contributed by atoms with Crippen LogP contribution < -0.4 is 0 Å². The number of amides is 1. The van der Waals surface area contributed by atoms with Gasteiger partial charge in [0, 0.05) is 0 Å². The van der Waals surface area contributed by atoms with E-state index >= 15 is 0 Å². The molecular weight excluding hydrogens is 206 g/mol. The zero-order chi connectivity index (χ0) is 11.4. The molecule has 1 aliphatic heterocycles. The molecular formula is C12H15NO3. The van der Waals surface area contributed by atoms with Crippen LogP contribution >= 0.6 is 0 Å². The molecule has 1 aromatic rings. The molecule has 1 saturated heterocycles. The summed E-state index contributed by atoms with van der Waals surface area (Å²) in [7, 11) is 0. The Morgan fingerprint density at radius 3 is 2.88 bits per heavy atom. The molecule has 1 heterocycles. The Morgan fingerprint density at radius 2 is 2.25 bits per heavy atom. The van der Waals surface area contributed by atoms with Crippen LogP contribution in [-0.2, 0) is 16.1 Å². The summed E-state index contributed by atoms with van der Waals surface area (Å²) in [4.78, 5) is 13.2. The Balaban J connectivity index is 1.84. The maximum atomic E-state index is 11.7. The second kappa shape index (κ2) is 4.99. The number of ether oxygens (including phenoxy) is 2. The van der Waals surface area contributed by atoms with E-state index in [2.05, 4.69) is 0 Å². The number of carbonyl (C=O) groups is 1. The summed E-state index contributed by atoms with van der Waals surface area (Å²) in [6.45, 7) is 3.16. The van der Waals surface area contributed by atoms with Gasteiger partial charge in [-0.1, -0.05) is 30.3 Å². The normalized spacial score (nSPS) is 19.8. The largest absolute Gasteiger partial charge is 0.444 e. The zero-order valence-electron chi connectivity index (χ0n) is 9.26. The van der Waals surface area contributed by atoms with Crippen molar-refractivity contribution < 1.29 is 14.3 Å². The molecule has 4 heteroatoms. The van der Waals surface area contributed by atoms with Gasteiger partial charge in [0.15, 0.2) is 0 Å². The molecule has 1 aromatic carbocycles. The molecule has 86 valence electrons. The van der Waals surface area contributed by atoms with E-state index in [0.29, 0.717) is 19.9 Å². The highest BCUT2D eigenvalue weighted by Gasteiger charge is 2.26. The van der Waals surface area contributed by atoms with Crippen LogP contribution in [0, 0.1) is 0 Å². The summed E-state index contributed by atoms with van der Waals surface area (Å²) in [5, 5.41) is 0. The Labute approximate surface area is 94.8 Å². The molecule has 1 amide bonds. The van der Waals surface area contributed by atoms with Gasteiger partial charge in [-0.3, -0.25) is 4.90 Å². The van der Waals surface area contributed by atoms with Gasteiger partial charge < -0.3 is 9.47 Å². The molecule has 16 heavy (non-hydrogen) atoms. The van der Waals surface area contributed by atoms with Gasteiger partial charge >= 0.3 is 6.09 Å². The quantitative estimate of drug-likeness (QED) is 0.766. The lowest BCUT2D eigenvalue weighted by molar-refractivity contribution is 0.0770.